The van der Waals surface area contributed by atoms with Crippen molar-refractivity contribution in [3.05, 3.63) is 46.4 Å². The minimum Gasteiger partial charge on any atom is -0.0848 e. The molecule has 0 amide bonds. The molecule has 0 bridgehead atoms. The highest BCUT2D eigenvalue weighted by atomic mass is 13.9. The maximum atomic E-state index is 2.22. The van der Waals surface area contributed by atoms with Gasteiger partial charge in [0.15, 0.2) is 0 Å². The van der Waals surface area contributed by atoms with Crippen LogP contribution in [0.5, 0.6) is 0 Å². The monoisotopic (exact) mass is 216 g/mol. The summed E-state index contributed by atoms with van der Waals surface area (Å²) in [5.74, 6) is 0. The van der Waals surface area contributed by atoms with Crippen LogP contribution in [0.3, 0.4) is 0 Å². The molecule has 0 aromatic heterocycles. The lowest BCUT2D eigenvalue weighted by atomic mass is 10.1. The van der Waals surface area contributed by atoms with Crippen LogP contribution in [0.4, 0.5) is 0 Å². The van der Waals surface area contributed by atoms with E-state index in [1.165, 1.54) is 16.0 Å². The molecule has 0 nitrogen and oxygen atoms in total. The molecule has 0 aliphatic carbocycles. The Morgan fingerprint density at radius 2 is 1.81 bits per heavy atom. The zero-order valence-corrected chi connectivity index (χ0v) is 11.2. The van der Waals surface area contributed by atoms with Gasteiger partial charge in [0, 0.05) is 0 Å². The van der Waals surface area contributed by atoms with Crippen molar-refractivity contribution in [3.63, 3.8) is 0 Å². The Bertz CT molecular complexity index is 422. The summed E-state index contributed by atoms with van der Waals surface area (Å²) in [4.78, 5) is 0. The molecule has 0 N–H and O–H groups in total. The third-order valence-electron chi connectivity index (χ3n) is 2.20. The summed E-state index contributed by atoms with van der Waals surface area (Å²) in [6.45, 7) is 10.3. The van der Waals surface area contributed by atoms with Gasteiger partial charge in [-0.15, -0.1) is 0 Å². The minimum absolute atomic E-state index is 1.09. The molecule has 0 heterocycles. The molecule has 1 aromatic rings. The van der Waals surface area contributed by atoms with Crippen LogP contribution in [-0.4, -0.2) is 0 Å². The van der Waals surface area contributed by atoms with E-state index in [0.29, 0.717) is 0 Å². The zero-order chi connectivity index (χ0) is 12.4. The fraction of sp³-hybridized carbons (Fsp3) is 0.375. The van der Waals surface area contributed by atoms with Crippen LogP contribution < -0.4 is 10.4 Å². The van der Waals surface area contributed by atoms with Gasteiger partial charge in [0.25, 0.3) is 0 Å². The number of hydrogen-bond donors (Lipinski definition) is 0. The van der Waals surface area contributed by atoms with Crippen LogP contribution in [0.15, 0.2) is 30.4 Å². The summed E-state index contributed by atoms with van der Waals surface area (Å²) in [5, 5.41) is 2.61. The van der Waals surface area contributed by atoms with Gasteiger partial charge in [-0.3, -0.25) is 0 Å². The van der Waals surface area contributed by atoms with Crippen molar-refractivity contribution in [1.82, 2.24) is 0 Å². The Kier molecular flexibility index (Phi) is 8.24. The van der Waals surface area contributed by atoms with Crippen LogP contribution in [0, 0.1) is 6.92 Å². The molecular weight excluding hydrogens is 192 g/mol. The summed E-state index contributed by atoms with van der Waals surface area (Å²) in [6.07, 6.45) is 9.70. The number of allylic oxidation sites excluding steroid dienone is 2. The first-order valence-corrected chi connectivity index (χ1v) is 6.17. The molecule has 16 heavy (non-hydrogen) atoms. The topological polar surface area (TPSA) is 0 Å². The van der Waals surface area contributed by atoms with E-state index in [9.17, 15) is 0 Å². The lowest BCUT2D eigenvalue weighted by molar-refractivity contribution is 1.23. The van der Waals surface area contributed by atoms with Gasteiger partial charge in [0.1, 0.15) is 0 Å². The Balaban J connectivity index is 0.00000106. The molecule has 0 aliphatic rings. The number of hydrogen-bond acceptors (Lipinski definition) is 0. The maximum Gasteiger partial charge on any atom is -0.0185 e. The predicted molar refractivity (Wildman–Crippen MR) is 75.8 cm³/mol. The number of benzene rings is 1. The number of aryl methyl sites for hydroxylation is 1. The van der Waals surface area contributed by atoms with Crippen LogP contribution in [-0.2, 0) is 0 Å². The molecule has 1 aromatic carbocycles. The molecule has 0 radical (unpaired) electrons. The first-order chi connectivity index (χ1) is 7.77. The summed E-state index contributed by atoms with van der Waals surface area (Å²) < 4.78 is 0. The predicted octanol–water partition coefficient (Wildman–Crippen LogP) is 3.57. The summed E-state index contributed by atoms with van der Waals surface area (Å²) in [6, 6.07) is 6.53. The first-order valence-electron chi connectivity index (χ1n) is 6.17. The molecule has 0 fully saturated rings. The average Bonchev–Trinajstić information content (AvgIpc) is 2.32. The van der Waals surface area contributed by atoms with Crippen molar-refractivity contribution < 1.29 is 0 Å². The second kappa shape index (κ2) is 8.96. The van der Waals surface area contributed by atoms with Crippen molar-refractivity contribution in [2.24, 2.45) is 0 Å². The van der Waals surface area contributed by atoms with Crippen LogP contribution in [0.1, 0.15) is 39.7 Å². The summed E-state index contributed by atoms with van der Waals surface area (Å²) in [7, 11) is 0. The minimum atomic E-state index is 1.09. The Hall–Kier alpha value is -1.30. The van der Waals surface area contributed by atoms with Crippen LogP contribution in [0.2, 0.25) is 0 Å². The van der Waals surface area contributed by atoms with E-state index in [1.54, 1.807) is 0 Å². The zero-order valence-electron chi connectivity index (χ0n) is 11.2. The van der Waals surface area contributed by atoms with E-state index in [4.69, 9.17) is 0 Å². The van der Waals surface area contributed by atoms with E-state index in [2.05, 4.69) is 63.3 Å². The number of rotatable bonds is 2. The smallest absolute Gasteiger partial charge is 0.0185 e. The Labute approximate surface area is 100 Å². The molecule has 1 rings (SSSR count). The van der Waals surface area contributed by atoms with Gasteiger partial charge in [-0.25, -0.2) is 0 Å². The second-order valence-electron chi connectivity index (χ2n) is 3.42. The van der Waals surface area contributed by atoms with Crippen LogP contribution >= 0.6 is 0 Å². The van der Waals surface area contributed by atoms with Gasteiger partial charge in [0.2, 0.25) is 0 Å². The quantitative estimate of drug-likeness (QED) is 0.709. The third kappa shape index (κ3) is 4.97. The highest BCUT2D eigenvalue weighted by molar-refractivity contribution is 5.40. The fourth-order valence-electron chi connectivity index (χ4n) is 1.41. The van der Waals surface area contributed by atoms with E-state index in [1.807, 2.05) is 13.8 Å². The largest absolute Gasteiger partial charge is 0.0848 e. The van der Waals surface area contributed by atoms with Gasteiger partial charge >= 0.3 is 0 Å². The van der Waals surface area contributed by atoms with Gasteiger partial charge < -0.3 is 0 Å². The van der Waals surface area contributed by atoms with Gasteiger partial charge in [-0.1, -0.05) is 68.8 Å². The summed E-state index contributed by atoms with van der Waals surface area (Å²) >= 11 is 0. The van der Waals surface area contributed by atoms with Gasteiger partial charge in [-0.2, -0.15) is 0 Å². The third-order valence-corrected chi connectivity index (χ3v) is 2.20. The average molecular weight is 216 g/mol. The van der Waals surface area contributed by atoms with Gasteiger partial charge in [0.05, 0.1) is 0 Å². The highest BCUT2D eigenvalue weighted by Gasteiger charge is 1.84. The molecule has 0 atom stereocenters. The van der Waals surface area contributed by atoms with Crippen molar-refractivity contribution >= 4 is 12.2 Å². The molecule has 0 heteroatoms. The molecule has 88 valence electrons. The molecule has 0 aliphatic heterocycles. The normalized spacial score (nSPS) is 12.8. The highest BCUT2D eigenvalue weighted by Crippen LogP contribution is 1.87. The summed E-state index contributed by atoms with van der Waals surface area (Å²) in [5.41, 5.74) is 1.31. The molecule has 0 saturated carbocycles. The first kappa shape index (κ1) is 14.7. The lowest BCUT2D eigenvalue weighted by Gasteiger charge is -1.92. The Morgan fingerprint density at radius 1 is 1.12 bits per heavy atom. The van der Waals surface area contributed by atoms with Crippen LogP contribution in [0.25, 0.3) is 12.2 Å². The van der Waals surface area contributed by atoms with Crippen molar-refractivity contribution in [1.29, 1.82) is 0 Å². The Morgan fingerprint density at radius 3 is 2.38 bits per heavy atom. The molecule has 0 spiro atoms. The van der Waals surface area contributed by atoms with E-state index in [0.717, 1.165) is 6.42 Å². The van der Waals surface area contributed by atoms with Gasteiger partial charge in [-0.05, 0) is 30.7 Å². The van der Waals surface area contributed by atoms with E-state index < -0.39 is 0 Å². The molecular formula is C16H24. The maximum absolute atomic E-state index is 2.22. The second-order valence-corrected chi connectivity index (χ2v) is 3.42. The van der Waals surface area contributed by atoms with Crippen molar-refractivity contribution in [3.8, 4) is 0 Å². The van der Waals surface area contributed by atoms with E-state index in [-0.39, 0.29) is 0 Å². The van der Waals surface area contributed by atoms with E-state index >= 15 is 0 Å². The molecule has 0 unspecified atom stereocenters. The lowest BCUT2D eigenvalue weighted by Crippen LogP contribution is -2.23. The van der Waals surface area contributed by atoms with Crippen molar-refractivity contribution in [2.45, 2.75) is 41.0 Å². The standard InChI is InChI=1S/C14H18.C2H6/c1-4-6-7-8-14-11-12(3)9-10-13(14)5-2;1-2/h5-11H,4H2,1-3H3;1-2H3/b7-6+,13-5-,14-8-;. The fourth-order valence-corrected chi connectivity index (χ4v) is 1.41. The SMILES string of the molecule is C/C=c1/ccc(C)c/c1=C/C=C/CC.CC. The van der Waals surface area contributed by atoms with Crippen molar-refractivity contribution in [2.75, 3.05) is 0 Å². The molecule has 0 saturated heterocycles.